The Morgan fingerprint density at radius 1 is 1.61 bits per heavy atom. The predicted octanol–water partition coefficient (Wildman–Crippen LogP) is 3.49. The second kappa shape index (κ2) is 5.06. The molecule has 0 saturated carbocycles. The molecule has 0 aliphatic rings. The van der Waals surface area contributed by atoms with Gasteiger partial charge in [0.2, 0.25) is 0 Å². The molecule has 18 heavy (non-hydrogen) atoms. The molecule has 0 aliphatic heterocycles. The first kappa shape index (κ1) is 6.75. The van der Waals surface area contributed by atoms with Gasteiger partial charge in [0.05, 0.1) is 4.11 Å². The fourth-order valence-electron chi connectivity index (χ4n) is 1.27. The normalized spacial score (nSPS) is 15.6. The number of hydrogen-bond donors (Lipinski definition) is 2. The molecule has 0 amide bonds. The topological polar surface area (TPSA) is 62.2 Å². The van der Waals surface area contributed by atoms with Gasteiger partial charge < -0.3 is 10.4 Å². The number of aromatic carboxylic acids is 1. The first-order valence-electron chi connectivity index (χ1n) is 7.80. The molecule has 0 bridgehead atoms. The van der Waals surface area contributed by atoms with Crippen LogP contribution in [0.15, 0.2) is 36.5 Å². The summed E-state index contributed by atoms with van der Waals surface area (Å²) in [5, 5.41) is 11.1. The third kappa shape index (κ3) is 2.43. The molecule has 0 radical (unpaired) electrons. The van der Waals surface area contributed by atoms with E-state index in [0.717, 1.165) is 0 Å². The van der Waals surface area contributed by atoms with E-state index >= 15 is 0 Å². The number of anilines is 2. The molecule has 0 aliphatic carbocycles. The summed E-state index contributed by atoms with van der Waals surface area (Å²) in [5.41, 5.74) is -1.15. The molecule has 4 nitrogen and oxygen atoms in total. The highest BCUT2D eigenvalue weighted by Gasteiger charge is 2.11. The number of nitrogens with zero attached hydrogens (tertiary/aromatic N) is 1. The molecular weight excluding hydrogens is 252 g/mol. The van der Waals surface area contributed by atoms with Gasteiger partial charge in [-0.25, -0.2) is 9.78 Å². The maximum atomic E-state index is 11.2. The predicted molar refractivity (Wildman–Crippen MR) is 70.7 cm³/mol. The van der Waals surface area contributed by atoms with Crippen LogP contribution in [0.25, 0.3) is 0 Å². The van der Waals surface area contributed by atoms with Crippen LogP contribution in [0.4, 0.5) is 11.5 Å². The van der Waals surface area contributed by atoms with E-state index in [1.54, 1.807) is 0 Å². The quantitative estimate of drug-likeness (QED) is 0.895. The standard InChI is InChI=1S/C13H11ClN2O2/c1-8-10(14)5-2-6-11(8)16-12-9(13(17)18)4-3-7-15-12/h2-7H,1H3,(H,15,16)(H,17,18)/i1D3,2D,5D,6D. The van der Waals surface area contributed by atoms with Crippen molar-refractivity contribution in [2.75, 3.05) is 5.32 Å². The van der Waals surface area contributed by atoms with Gasteiger partial charge in [-0.2, -0.15) is 0 Å². The van der Waals surface area contributed by atoms with Crippen molar-refractivity contribution in [1.82, 2.24) is 4.98 Å². The molecule has 1 aromatic carbocycles. The fourth-order valence-corrected chi connectivity index (χ4v) is 1.41. The number of rotatable bonds is 3. The van der Waals surface area contributed by atoms with E-state index in [2.05, 4.69) is 10.3 Å². The number of hydrogen-bond acceptors (Lipinski definition) is 3. The number of halogens is 1. The number of carboxylic acids is 1. The van der Waals surface area contributed by atoms with Gasteiger partial charge >= 0.3 is 5.97 Å². The van der Waals surface area contributed by atoms with E-state index in [1.165, 1.54) is 18.3 Å². The second-order valence-electron chi connectivity index (χ2n) is 3.27. The lowest BCUT2D eigenvalue weighted by Gasteiger charge is -2.11. The summed E-state index contributed by atoms with van der Waals surface area (Å²) in [6.07, 6.45) is 1.29. The van der Waals surface area contributed by atoms with E-state index in [4.69, 9.17) is 24.9 Å². The Balaban J connectivity index is 2.74. The molecule has 1 aromatic heterocycles. The molecule has 2 N–H and O–H groups in total. The summed E-state index contributed by atoms with van der Waals surface area (Å²) in [7, 11) is 0. The van der Waals surface area contributed by atoms with Crippen LogP contribution in [-0.4, -0.2) is 16.1 Å². The number of carbonyl (C=O) groups is 1. The van der Waals surface area contributed by atoms with Gasteiger partial charge in [0.1, 0.15) is 11.4 Å². The first-order chi connectivity index (χ1) is 11.1. The molecule has 5 heteroatoms. The zero-order chi connectivity index (χ0) is 18.2. The van der Waals surface area contributed by atoms with Crippen LogP contribution < -0.4 is 5.32 Å². The van der Waals surface area contributed by atoms with E-state index in [0.29, 0.717) is 0 Å². The van der Waals surface area contributed by atoms with Gasteiger partial charge in [0, 0.05) is 21.0 Å². The highest BCUT2D eigenvalue weighted by Crippen LogP contribution is 2.26. The van der Waals surface area contributed by atoms with Crippen molar-refractivity contribution < 1.29 is 18.1 Å². The molecule has 0 spiro atoms. The molecule has 0 fully saturated rings. The van der Waals surface area contributed by atoms with Gasteiger partial charge in [0.25, 0.3) is 0 Å². The molecule has 1 heterocycles. The Kier molecular flexibility index (Phi) is 1.90. The van der Waals surface area contributed by atoms with Crippen molar-refractivity contribution in [2.24, 2.45) is 0 Å². The number of aromatic nitrogens is 1. The average molecular weight is 269 g/mol. The maximum Gasteiger partial charge on any atom is 0.339 e. The van der Waals surface area contributed by atoms with Crippen LogP contribution in [0.2, 0.25) is 5.02 Å². The molecule has 92 valence electrons. The molecule has 2 aromatic rings. The largest absolute Gasteiger partial charge is 0.478 e. The lowest BCUT2D eigenvalue weighted by molar-refractivity contribution is 0.0697. The second-order valence-corrected chi connectivity index (χ2v) is 3.65. The summed E-state index contributed by atoms with van der Waals surface area (Å²) in [6.45, 7) is -2.78. The minimum absolute atomic E-state index is 0.197. The minimum atomic E-state index is -2.78. The number of carboxylic acid groups (broad SMARTS) is 1. The Labute approximate surface area is 118 Å². The van der Waals surface area contributed by atoms with Crippen LogP contribution >= 0.6 is 11.6 Å². The molecule has 0 saturated heterocycles. The third-order valence-electron chi connectivity index (χ3n) is 2.11. The van der Waals surface area contributed by atoms with Gasteiger partial charge in [0.15, 0.2) is 0 Å². The molecular formula is C13H11ClN2O2. The Bertz CT molecular complexity index is 825. The average Bonchev–Trinajstić information content (AvgIpc) is 2.49. The SMILES string of the molecule is [2H]c1c([2H])c(Cl)c(C([2H])([2H])[2H])c(Nc2ncccc2C(=O)O)c1[2H]. The summed E-state index contributed by atoms with van der Waals surface area (Å²) in [4.78, 5) is 15.1. The van der Waals surface area contributed by atoms with E-state index in [9.17, 15) is 4.79 Å². The zero-order valence-electron chi connectivity index (χ0n) is 14.9. The van der Waals surface area contributed by atoms with E-state index < -0.39 is 41.5 Å². The van der Waals surface area contributed by atoms with Gasteiger partial charge in [-0.1, -0.05) is 17.6 Å². The number of pyridine rings is 1. The first-order valence-corrected chi connectivity index (χ1v) is 5.18. The Morgan fingerprint density at radius 3 is 3.17 bits per heavy atom. The summed E-state index contributed by atoms with van der Waals surface area (Å²) in [6, 6.07) is 0.883. The fraction of sp³-hybridized carbons (Fsp3) is 0.0769. The van der Waals surface area contributed by atoms with E-state index in [-0.39, 0.29) is 17.1 Å². The molecule has 2 rings (SSSR count). The zero-order valence-corrected chi connectivity index (χ0v) is 9.67. The van der Waals surface area contributed by atoms with Crippen LogP contribution in [0.3, 0.4) is 0 Å². The van der Waals surface area contributed by atoms with E-state index in [1.807, 2.05) is 0 Å². The molecule has 0 unspecified atom stereocenters. The van der Waals surface area contributed by atoms with Gasteiger partial charge in [-0.15, -0.1) is 0 Å². The van der Waals surface area contributed by atoms with Gasteiger partial charge in [-0.3, -0.25) is 0 Å². The lowest BCUT2D eigenvalue weighted by Crippen LogP contribution is -2.05. The van der Waals surface area contributed by atoms with Crippen molar-refractivity contribution in [1.29, 1.82) is 0 Å². The van der Waals surface area contributed by atoms with Crippen molar-refractivity contribution >= 4 is 29.1 Å². The van der Waals surface area contributed by atoms with Crippen molar-refractivity contribution in [3.63, 3.8) is 0 Å². The number of nitrogens with one attached hydrogen (secondary N) is 1. The van der Waals surface area contributed by atoms with Crippen LogP contribution in [0.5, 0.6) is 0 Å². The molecule has 0 atom stereocenters. The Morgan fingerprint density at radius 2 is 2.44 bits per heavy atom. The summed E-state index contributed by atoms with van der Waals surface area (Å²) < 4.78 is 46.0. The highest BCUT2D eigenvalue weighted by molar-refractivity contribution is 6.31. The lowest BCUT2D eigenvalue weighted by atomic mass is 10.2. The van der Waals surface area contributed by atoms with Crippen LogP contribution in [0.1, 0.15) is 24.1 Å². The van der Waals surface area contributed by atoms with Crippen molar-refractivity contribution in [2.45, 2.75) is 6.85 Å². The smallest absolute Gasteiger partial charge is 0.339 e. The summed E-state index contributed by atoms with van der Waals surface area (Å²) in [5.74, 6) is -1.50. The minimum Gasteiger partial charge on any atom is -0.478 e. The highest BCUT2D eigenvalue weighted by atomic mass is 35.5. The number of benzene rings is 1. The van der Waals surface area contributed by atoms with Crippen LogP contribution in [-0.2, 0) is 0 Å². The van der Waals surface area contributed by atoms with Gasteiger partial charge in [-0.05, 0) is 36.6 Å². The Hall–Kier alpha value is -2.07. The van der Waals surface area contributed by atoms with Crippen LogP contribution in [0, 0.1) is 6.85 Å². The third-order valence-corrected chi connectivity index (χ3v) is 2.39. The maximum absolute atomic E-state index is 11.2. The monoisotopic (exact) mass is 268 g/mol. The van der Waals surface area contributed by atoms with Crippen molar-refractivity contribution in [3.8, 4) is 0 Å². The summed E-state index contributed by atoms with van der Waals surface area (Å²) >= 11 is 5.90. The van der Waals surface area contributed by atoms with Crippen molar-refractivity contribution in [3.05, 3.63) is 52.6 Å².